The summed E-state index contributed by atoms with van der Waals surface area (Å²) in [6, 6.07) is 0. The van der Waals surface area contributed by atoms with E-state index in [2.05, 4.69) is 15.0 Å². The predicted octanol–water partition coefficient (Wildman–Crippen LogP) is -0.788. The molecular weight excluding hydrogens is 212 g/mol. The Labute approximate surface area is 93.5 Å². The molecule has 1 aromatic heterocycles. The van der Waals surface area contributed by atoms with Crippen LogP contribution >= 0.6 is 0 Å². The van der Waals surface area contributed by atoms with E-state index in [0.717, 1.165) is 0 Å². The normalized spacial score (nSPS) is 10.4. The fourth-order valence-electron chi connectivity index (χ4n) is 1.33. The number of aromatic nitrogens is 3. The number of nitrogens with zero attached hydrogens (tertiary/aromatic N) is 3. The summed E-state index contributed by atoms with van der Waals surface area (Å²) >= 11 is 0. The van der Waals surface area contributed by atoms with Crippen LogP contribution in [0.2, 0.25) is 0 Å². The number of methoxy groups -OCH3 is 2. The third-order valence-electron chi connectivity index (χ3n) is 2.10. The Balaban J connectivity index is 2.92. The van der Waals surface area contributed by atoms with Crippen molar-refractivity contribution in [2.75, 3.05) is 27.4 Å². The quantitative estimate of drug-likeness (QED) is 0.642. The highest BCUT2D eigenvalue weighted by Gasteiger charge is 2.19. The van der Waals surface area contributed by atoms with E-state index in [9.17, 15) is 4.79 Å². The number of hydrogen-bond acceptors (Lipinski definition) is 6. The van der Waals surface area contributed by atoms with Crippen LogP contribution < -0.4 is 5.73 Å². The monoisotopic (exact) mass is 228 g/mol. The van der Waals surface area contributed by atoms with Gasteiger partial charge in [-0.15, -0.1) is 5.10 Å². The van der Waals surface area contributed by atoms with E-state index in [-0.39, 0.29) is 5.69 Å². The molecular formula is C9H16N4O3. The maximum atomic E-state index is 11.4. The molecule has 0 aromatic carbocycles. The molecule has 7 heteroatoms. The van der Waals surface area contributed by atoms with E-state index in [1.807, 2.05) is 0 Å². The van der Waals surface area contributed by atoms with Crippen LogP contribution in [-0.4, -0.2) is 48.3 Å². The molecule has 1 aromatic rings. The maximum absolute atomic E-state index is 11.4. The topological polar surface area (TPSA) is 92.3 Å². The van der Waals surface area contributed by atoms with Crippen molar-refractivity contribution in [3.8, 4) is 0 Å². The highest BCUT2D eigenvalue weighted by molar-refractivity contribution is 5.88. The molecule has 90 valence electrons. The summed E-state index contributed by atoms with van der Waals surface area (Å²) in [7, 11) is 2.91. The average molecular weight is 228 g/mol. The summed E-state index contributed by atoms with van der Waals surface area (Å²) in [4.78, 5) is 11.4. The standard InChI is InChI=1S/C9H16N4O3/c1-15-6-5-13-7(3-4-10)8(11-12-13)9(14)16-2/h3-6,10H2,1-2H3. The first kappa shape index (κ1) is 12.6. The number of carbonyl (C=O) groups is 1. The Hall–Kier alpha value is -1.47. The van der Waals surface area contributed by atoms with E-state index in [1.54, 1.807) is 11.8 Å². The molecule has 0 saturated carbocycles. The minimum Gasteiger partial charge on any atom is -0.464 e. The van der Waals surface area contributed by atoms with Crippen LogP contribution in [0.15, 0.2) is 0 Å². The molecule has 0 radical (unpaired) electrons. The smallest absolute Gasteiger partial charge is 0.360 e. The Bertz CT molecular complexity index is 351. The fourth-order valence-corrected chi connectivity index (χ4v) is 1.33. The number of hydrogen-bond donors (Lipinski definition) is 1. The molecule has 0 aliphatic rings. The first-order valence-corrected chi connectivity index (χ1v) is 4.94. The molecule has 0 amide bonds. The van der Waals surface area contributed by atoms with Crippen molar-refractivity contribution in [3.63, 3.8) is 0 Å². The molecule has 1 heterocycles. The van der Waals surface area contributed by atoms with Crippen molar-refractivity contribution in [2.24, 2.45) is 5.73 Å². The van der Waals surface area contributed by atoms with Crippen LogP contribution in [0.25, 0.3) is 0 Å². The van der Waals surface area contributed by atoms with E-state index < -0.39 is 5.97 Å². The SMILES string of the molecule is COCCn1nnc(C(=O)OC)c1CCN. The highest BCUT2D eigenvalue weighted by atomic mass is 16.5. The molecule has 0 aliphatic carbocycles. The molecule has 0 unspecified atom stereocenters. The van der Waals surface area contributed by atoms with Crippen LogP contribution in [0.3, 0.4) is 0 Å². The number of rotatable bonds is 6. The van der Waals surface area contributed by atoms with Crippen LogP contribution in [0.1, 0.15) is 16.2 Å². The van der Waals surface area contributed by atoms with Crippen molar-refractivity contribution in [1.82, 2.24) is 15.0 Å². The van der Waals surface area contributed by atoms with Gasteiger partial charge in [-0.05, 0) is 6.54 Å². The lowest BCUT2D eigenvalue weighted by molar-refractivity contribution is 0.0592. The van der Waals surface area contributed by atoms with E-state index >= 15 is 0 Å². The third kappa shape index (κ3) is 2.77. The molecule has 2 N–H and O–H groups in total. The molecule has 7 nitrogen and oxygen atoms in total. The molecule has 0 saturated heterocycles. The lowest BCUT2D eigenvalue weighted by Gasteiger charge is -2.05. The predicted molar refractivity (Wildman–Crippen MR) is 56.0 cm³/mol. The van der Waals surface area contributed by atoms with Gasteiger partial charge in [0.2, 0.25) is 0 Å². The molecule has 0 aliphatic heterocycles. The van der Waals surface area contributed by atoms with Gasteiger partial charge in [0, 0.05) is 13.5 Å². The van der Waals surface area contributed by atoms with Crippen molar-refractivity contribution >= 4 is 5.97 Å². The Morgan fingerprint density at radius 3 is 2.81 bits per heavy atom. The van der Waals surface area contributed by atoms with Gasteiger partial charge in [-0.3, -0.25) is 0 Å². The van der Waals surface area contributed by atoms with Gasteiger partial charge >= 0.3 is 5.97 Å². The summed E-state index contributed by atoms with van der Waals surface area (Å²) in [6.07, 6.45) is 0.529. The second-order valence-corrected chi connectivity index (χ2v) is 3.13. The lowest BCUT2D eigenvalue weighted by Crippen LogP contribution is -2.15. The van der Waals surface area contributed by atoms with Crippen LogP contribution in [0.4, 0.5) is 0 Å². The minimum absolute atomic E-state index is 0.226. The van der Waals surface area contributed by atoms with Gasteiger partial charge < -0.3 is 15.2 Å². The van der Waals surface area contributed by atoms with Crippen molar-refractivity contribution in [3.05, 3.63) is 11.4 Å². The number of esters is 1. The Morgan fingerprint density at radius 2 is 2.25 bits per heavy atom. The first-order valence-electron chi connectivity index (χ1n) is 4.94. The zero-order chi connectivity index (χ0) is 12.0. The summed E-state index contributed by atoms with van der Waals surface area (Å²) in [5.74, 6) is -0.493. The van der Waals surface area contributed by atoms with Gasteiger partial charge in [-0.25, -0.2) is 9.48 Å². The van der Waals surface area contributed by atoms with E-state index in [1.165, 1.54) is 7.11 Å². The number of nitrogens with two attached hydrogens (primary N) is 1. The van der Waals surface area contributed by atoms with Crippen molar-refractivity contribution in [2.45, 2.75) is 13.0 Å². The first-order chi connectivity index (χ1) is 7.74. The molecule has 16 heavy (non-hydrogen) atoms. The molecule has 0 atom stereocenters. The van der Waals surface area contributed by atoms with Gasteiger partial charge in [0.25, 0.3) is 0 Å². The van der Waals surface area contributed by atoms with E-state index in [4.69, 9.17) is 10.5 Å². The summed E-state index contributed by atoms with van der Waals surface area (Å²) < 4.78 is 11.2. The Kier molecular flexibility index (Phi) is 4.87. The van der Waals surface area contributed by atoms with Gasteiger partial charge in [-0.1, -0.05) is 5.21 Å². The van der Waals surface area contributed by atoms with Gasteiger partial charge in [0.15, 0.2) is 5.69 Å². The average Bonchev–Trinajstić information content (AvgIpc) is 2.69. The summed E-state index contributed by atoms with van der Waals surface area (Å²) in [5, 5.41) is 7.66. The largest absolute Gasteiger partial charge is 0.464 e. The fraction of sp³-hybridized carbons (Fsp3) is 0.667. The number of ether oxygens (including phenoxy) is 2. The van der Waals surface area contributed by atoms with Crippen molar-refractivity contribution < 1.29 is 14.3 Å². The molecule has 0 bridgehead atoms. The second-order valence-electron chi connectivity index (χ2n) is 3.13. The highest BCUT2D eigenvalue weighted by Crippen LogP contribution is 2.07. The van der Waals surface area contributed by atoms with E-state index in [0.29, 0.717) is 31.8 Å². The van der Waals surface area contributed by atoms with Gasteiger partial charge in [0.05, 0.1) is 26.0 Å². The molecule has 0 spiro atoms. The zero-order valence-electron chi connectivity index (χ0n) is 9.47. The second kappa shape index (κ2) is 6.19. The number of carbonyl (C=O) groups excluding carboxylic acids is 1. The summed E-state index contributed by atoms with van der Waals surface area (Å²) in [5.41, 5.74) is 6.39. The van der Waals surface area contributed by atoms with Crippen molar-refractivity contribution in [1.29, 1.82) is 0 Å². The minimum atomic E-state index is -0.493. The maximum Gasteiger partial charge on any atom is 0.360 e. The third-order valence-corrected chi connectivity index (χ3v) is 2.10. The lowest BCUT2D eigenvalue weighted by atomic mass is 10.2. The van der Waals surface area contributed by atoms with Crippen LogP contribution in [0.5, 0.6) is 0 Å². The molecule has 1 rings (SSSR count). The van der Waals surface area contributed by atoms with Crippen LogP contribution in [-0.2, 0) is 22.4 Å². The molecule has 0 fully saturated rings. The van der Waals surface area contributed by atoms with Crippen LogP contribution in [0, 0.1) is 0 Å². The zero-order valence-corrected chi connectivity index (χ0v) is 9.47. The Morgan fingerprint density at radius 1 is 1.50 bits per heavy atom. The van der Waals surface area contributed by atoms with Gasteiger partial charge in [-0.2, -0.15) is 0 Å². The summed E-state index contributed by atoms with van der Waals surface area (Å²) in [6.45, 7) is 1.46. The van der Waals surface area contributed by atoms with Gasteiger partial charge in [0.1, 0.15) is 0 Å².